The van der Waals surface area contributed by atoms with Gasteiger partial charge in [-0.25, -0.2) is 0 Å². The van der Waals surface area contributed by atoms with Crippen LogP contribution >= 0.6 is 0 Å². The van der Waals surface area contributed by atoms with Gasteiger partial charge in [0.1, 0.15) is 11.5 Å². The third-order valence-electron chi connectivity index (χ3n) is 3.74. The van der Waals surface area contributed by atoms with Crippen LogP contribution in [0.15, 0.2) is 59.3 Å². The molecule has 0 bridgehead atoms. The fourth-order valence-corrected chi connectivity index (χ4v) is 2.62. The monoisotopic (exact) mass is 349 g/mol. The van der Waals surface area contributed by atoms with E-state index in [0.29, 0.717) is 17.0 Å². The Morgan fingerprint density at radius 3 is 2.50 bits per heavy atom. The molecule has 0 aliphatic rings. The third kappa shape index (κ3) is 4.36. The van der Waals surface area contributed by atoms with Gasteiger partial charge in [-0.1, -0.05) is 6.07 Å². The molecule has 0 aliphatic heterocycles. The molecule has 26 heavy (non-hydrogen) atoms. The Labute approximate surface area is 151 Å². The molecule has 2 amide bonds. The molecule has 2 heterocycles. The number of nitrogens with one attached hydrogen (secondary N) is 2. The Morgan fingerprint density at radius 1 is 1.04 bits per heavy atom. The first kappa shape index (κ1) is 17.4. The molecule has 0 fully saturated rings. The van der Waals surface area contributed by atoms with E-state index in [1.54, 1.807) is 18.2 Å². The van der Waals surface area contributed by atoms with Crippen molar-refractivity contribution in [1.29, 1.82) is 0 Å². The van der Waals surface area contributed by atoms with Crippen LogP contribution in [0.25, 0.3) is 0 Å². The molecule has 3 aromatic rings. The summed E-state index contributed by atoms with van der Waals surface area (Å²) < 4.78 is 5.17. The molecule has 0 saturated heterocycles. The number of amides is 2. The van der Waals surface area contributed by atoms with Crippen LogP contribution in [0.5, 0.6) is 0 Å². The predicted molar refractivity (Wildman–Crippen MR) is 98.0 cm³/mol. The van der Waals surface area contributed by atoms with Crippen LogP contribution in [-0.4, -0.2) is 16.8 Å². The molecule has 0 atom stereocenters. The second-order valence-electron chi connectivity index (χ2n) is 6.02. The smallest absolute Gasteiger partial charge is 0.270 e. The van der Waals surface area contributed by atoms with Crippen molar-refractivity contribution in [2.75, 3.05) is 5.32 Å². The van der Waals surface area contributed by atoms with Crippen molar-refractivity contribution in [3.63, 3.8) is 0 Å². The van der Waals surface area contributed by atoms with E-state index in [0.717, 1.165) is 11.1 Å². The topological polar surface area (TPSA) is 84.2 Å². The van der Waals surface area contributed by atoms with Gasteiger partial charge in [0.05, 0.1) is 12.8 Å². The summed E-state index contributed by atoms with van der Waals surface area (Å²) in [6.07, 6.45) is 2.98. The highest BCUT2D eigenvalue weighted by atomic mass is 16.3. The van der Waals surface area contributed by atoms with Gasteiger partial charge < -0.3 is 15.1 Å². The highest BCUT2D eigenvalue weighted by Gasteiger charge is 2.12. The van der Waals surface area contributed by atoms with Crippen molar-refractivity contribution in [2.45, 2.75) is 20.4 Å². The van der Waals surface area contributed by atoms with E-state index in [2.05, 4.69) is 15.6 Å². The lowest BCUT2D eigenvalue weighted by Gasteiger charge is -2.08. The van der Waals surface area contributed by atoms with Crippen molar-refractivity contribution in [2.24, 2.45) is 0 Å². The van der Waals surface area contributed by atoms with Gasteiger partial charge in [0.2, 0.25) is 0 Å². The SMILES string of the molecule is Cc1cc(C)cc(NC(=O)c2ccnc(C(=O)NCc3ccco3)c2)c1. The van der Waals surface area contributed by atoms with Crippen molar-refractivity contribution in [3.05, 3.63) is 83.1 Å². The largest absolute Gasteiger partial charge is 0.467 e. The number of hydrogen-bond acceptors (Lipinski definition) is 4. The standard InChI is InChI=1S/C20H19N3O3/c1-13-8-14(2)10-16(9-13)23-19(24)15-5-6-21-18(11-15)20(25)22-12-17-4-3-7-26-17/h3-11H,12H2,1-2H3,(H,22,25)(H,23,24). The minimum Gasteiger partial charge on any atom is -0.467 e. The highest BCUT2D eigenvalue weighted by Crippen LogP contribution is 2.15. The maximum absolute atomic E-state index is 12.5. The van der Waals surface area contributed by atoms with E-state index in [-0.39, 0.29) is 24.1 Å². The number of hydrogen-bond donors (Lipinski definition) is 2. The molecule has 0 spiro atoms. The molecular formula is C20H19N3O3. The zero-order valence-corrected chi connectivity index (χ0v) is 14.6. The minimum atomic E-state index is -0.373. The van der Waals surface area contributed by atoms with E-state index in [9.17, 15) is 9.59 Å². The second kappa shape index (κ2) is 7.65. The fraction of sp³-hybridized carbons (Fsp3) is 0.150. The number of aromatic nitrogens is 1. The van der Waals surface area contributed by atoms with Crippen LogP contribution in [0.4, 0.5) is 5.69 Å². The van der Waals surface area contributed by atoms with Crippen molar-refractivity contribution in [1.82, 2.24) is 10.3 Å². The number of pyridine rings is 1. The van der Waals surface area contributed by atoms with Crippen LogP contribution in [0, 0.1) is 13.8 Å². The van der Waals surface area contributed by atoms with E-state index in [4.69, 9.17) is 4.42 Å². The molecule has 2 aromatic heterocycles. The summed E-state index contributed by atoms with van der Waals surface area (Å²) in [6, 6.07) is 12.4. The zero-order chi connectivity index (χ0) is 18.5. The number of carbonyl (C=O) groups is 2. The number of nitrogens with zero attached hydrogens (tertiary/aromatic N) is 1. The maximum atomic E-state index is 12.5. The van der Waals surface area contributed by atoms with Crippen molar-refractivity contribution in [3.8, 4) is 0 Å². The Kier molecular flexibility index (Phi) is 5.12. The Hall–Kier alpha value is -3.41. The van der Waals surface area contributed by atoms with E-state index in [1.807, 2.05) is 32.0 Å². The summed E-state index contributed by atoms with van der Waals surface area (Å²) in [7, 11) is 0. The summed E-state index contributed by atoms with van der Waals surface area (Å²) in [5.74, 6) is -0.0259. The van der Waals surface area contributed by atoms with Crippen molar-refractivity contribution >= 4 is 17.5 Å². The first-order valence-electron chi connectivity index (χ1n) is 8.17. The summed E-state index contributed by atoms with van der Waals surface area (Å²) in [6.45, 7) is 4.19. The molecule has 6 nitrogen and oxygen atoms in total. The van der Waals surface area contributed by atoms with Crippen LogP contribution in [-0.2, 0) is 6.54 Å². The molecule has 0 saturated carbocycles. The first-order chi connectivity index (χ1) is 12.5. The number of benzene rings is 1. The Morgan fingerprint density at radius 2 is 1.81 bits per heavy atom. The number of aryl methyl sites for hydroxylation is 2. The normalized spacial score (nSPS) is 10.4. The first-order valence-corrected chi connectivity index (χ1v) is 8.17. The average Bonchev–Trinajstić information content (AvgIpc) is 3.12. The molecule has 6 heteroatoms. The number of anilines is 1. The highest BCUT2D eigenvalue weighted by molar-refractivity contribution is 6.05. The van der Waals surface area contributed by atoms with Crippen LogP contribution in [0.3, 0.4) is 0 Å². The molecule has 0 unspecified atom stereocenters. The maximum Gasteiger partial charge on any atom is 0.270 e. The third-order valence-corrected chi connectivity index (χ3v) is 3.74. The summed E-state index contributed by atoms with van der Waals surface area (Å²) >= 11 is 0. The van der Waals surface area contributed by atoms with E-state index >= 15 is 0 Å². The van der Waals surface area contributed by atoms with E-state index < -0.39 is 0 Å². The van der Waals surface area contributed by atoms with Crippen LogP contribution < -0.4 is 10.6 Å². The quantitative estimate of drug-likeness (QED) is 0.739. The van der Waals surface area contributed by atoms with Crippen LogP contribution in [0.1, 0.15) is 37.7 Å². The fourth-order valence-electron chi connectivity index (χ4n) is 2.62. The molecular weight excluding hydrogens is 330 g/mol. The lowest BCUT2D eigenvalue weighted by atomic mass is 10.1. The number of rotatable bonds is 5. The molecule has 3 rings (SSSR count). The van der Waals surface area contributed by atoms with Gasteiger partial charge in [-0.3, -0.25) is 14.6 Å². The molecule has 132 valence electrons. The van der Waals surface area contributed by atoms with Gasteiger partial charge >= 0.3 is 0 Å². The van der Waals surface area contributed by atoms with Gasteiger partial charge in [-0.2, -0.15) is 0 Å². The zero-order valence-electron chi connectivity index (χ0n) is 14.6. The van der Waals surface area contributed by atoms with Crippen molar-refractivity contribution < 1.29 is 14.0 Å². The number of furan rings is 1. The molecule has 1 aromatic carbocycles. The molecule has 0 radical (unpaired) electrons. The second-order valence-corrected chi connectivity index (χ2v) is 6.02. The Balaban J connectivity index is 1.69. The van der Waals surface area contributed by atoms with Gasteiger partial charge in [0, 0.05) is 17.4 Å². The molecule has 2 N–H and O–H groups in total. The minimum absolute atomic E-state index is 0.171. The molecule has 0 aliphatic carbocycles. The van der Waals surface area contributed by atoms with Gasteiger partial charge in [-0.05, 0) is 61.4 Å². The summed E-state index contributed by atoms with van der Waals surface area (Å²) in [5.41, 5.74) is 3.38. The average molecular weight is 349 g/mol. The number of carbonyl (C=O) groups excluding carboxylic acids is 2. The van der Waals surface area contributed by atoms with Crippen LogP contribution in [0.2, 0.25) is 0 Å². The predicted octanol–water partition coefficient (Wildman–Crippen LogP) is 3.47. The summed E-state index contributed by atoms with van der Waals surface area (Å²) in [4.78, 5) is 28.7. The van der Waals surface area contributed by atoms with Gasteiger partial charge in [0.15, 0.2) is 0 Å². The lowest BCUT2D eigenvalue weighted by molar-refractivity contribution is 0.0943. The summed E-state index contributed by atoms with van der Waals surface area (Å²) in [5, 5.41) is 5.55. The van der Waals surface area contributed by atoms with E-state index in [1.165, 1.54) is 18.5 Å². The van der Waals surface area contributed by atoms with Gasteiger partial charge in [-0.15, -0.1) is 0 Å². The Bertz CT molecular complexity index is 913. The van der Waals surface area contributed by atoms with Gasteiger partial charge in [0.25, 0.3) is 11.8 Å². The lowest BCUT2D eigenvalue weighted by Crippen LogP contribution is -2.24.